The predicted molar refractivity (Wildman–Crippen MR) is 64.8 cm³/mol. The van der Waals surface area contributed by atoms with E-state index < -0.39 is 5.60 Å². The standard InChI is InChI=1S/C13H27NO/c1-12(14)8-5-3-4-6-10-13(2,15)11-7-9-12/h15H,3-11,14H2,1-2H3. The van der Waals surface area contributed by atoms with Crippen LogP contribution < -0.4 is 5.73 Å². The Bertz CT molecular complexity index is 167. The maximum atomic E-state index is 10.1. The van der Waals surface area contributed by atoms with Gasteiger partial charge in [-0.1, -0.05) is 25.7 Å². The van der Waals surface area contributed by atoms with Gasteiger partial charge in [-0.15, -0.1) is 0 Å². The van der Waals surface area contributed by atoms with E-state index in [4.69, 9.17) is 5.73 Å². The molecule has 0 radical (unpaired) electrons. The molecule has 1 fully saturated rings. The van der Waals surface area contributed by atoms with Gasteiger partial charge in [0.25, 0.3) is 0 Å². The summed E-state index contributed by atoms with van der Waals surface area (Å²) in [5, 5.41) is 10.1. The summed E-state index contributed by atoms with van der Waals surface area (Å²) in [5.41, 5.74) is 5.75. The lowest BCUT2D eigenvalue weighted by atomic mass is 9.87. The second-order valence-corrected chi connectivity index (χ2v) is 5.92. The molecule has 0 spiro atoms. The second kappa shape index (κ2) is 5.31. The van der Waals surface area contributed by atoms with Crippen LogP contribution >= 0.6 is 0 Å². The average Bonchev–Trinajstić information content (AvgIpc) is 2.11. The fraction of sp³-hybridized carbons (Fsp3) is 1.00. The average molecular weight is 213 g/mol. The molecule has 2 heteroatoms. The summed E-state index contributed by atoms with van der Waals surface area (Å²) in [4.78, 5) is 0. The van der Waals surface area contributed by atoms with Crippen LogP contribution in [0.3, 0.4) is 0 Å². The SMILES string of the molecule is CC1(N)CCCCCCC(C)(O)CCC1. The van der Waals surface area contributed by atoms with Crippen LogP contribution in [0.15, 0.2) is 0 Å². The summed E-state index contributed by atoms with van der Waals surface area (Å²) >= 11 is 0. The van der Waals surface area contributed by atoms with Crippen LogP contribution in [0.2, 0.25) is 0 Å². The van der Waals surface area contributed by atoms with Gasteiger partial charge in [0, 0.05) is 5.54 Å². The van der Waals surface area contributed by atoms with Crippen LogP contribution in [0.1, 0.15) is 71.6 Å². The molecule has 2 nitrogen and oxygen atoms in total. The highest BCUT2D eigenvalue weighted by Gasteiger charge is 2.23. The number of rotatable bonds is 0. The quantitative estimate of drug-likeness (QED) is 0.650. The summed E-state index contributed by atoms with van der Waals surface area (Å²) in [6, 6.07) is 0. The summed E-state index contributed by atoms with van der Waals surface area (Å²) in [6.45, 7) is 4.12. The predicted octanol–water partition coefficient (Wildman–Crippen LogP) is 2.98. The maximum Gasteiger partial charge on any atom is 0.0619 e. The highest BCUT2D eigenvalue weighted by molar-refractivity contribution is 4.81. The first-order valence-corrected chi connectivity index (χ1v) is 6.43. The van der Waals surface area contributed by atoms with Gasteiger partial charge < -0.3 is 10.8 Å². The minimum Gasteiger partial charge on any atom is -0.390 e. The van der Waals surface area contributed by atoms with Gasteiger partial charge >= 0.3 is 0 Å². The fourth-order valence-electron chi connectivity index (χ4n) is 2.51. The van der Waals surface area contributed by atoms with Crippen molar-refractivity contribution in [2.24, 2.45) is 5.73 Å². The van der Waals surface area contributed by atoms with Crippen molar-refractivity contribution in [1.29, 1.82) is 0 Å². The Balaban J connectivity index is 2.47. The van der Waals surface area contributed by atoms with Crippen molar-refractivity contribution >= 4 is 0 Å². The van der Waals surface area contributed by atoms with Crippen molar-refractivity contribution in [3.63, 3.8) is 0 Å². The molecule has 1 saturated carbocycles. The van der Waals surface area contributed by atoms with Gasteiger partial charge in [0.1, 0.15) is 0 Å². The fourth-order valence-corrected chi connectivity index (χ4v) is 2.51. The molecule has 0 bridgehead atoms. The third kappa shape index (κ3) is 5.53. The van der Waals surface area contributed by atoms with E-state index in [9.17, 15) is 5.11 Å². The summed E-state index contributed by atoms with van der Waals surface area (Å²) in [7, 11) is 0. The molecule has 15 heavy (non-hydrogen) atoms. The van der Waals surface area contributed by atoms with Gasteiger partial charge in [-0.05, 0) is 46.0 Å². The molecule has 0 amide bonds. The Morgan fingerprint density at radius 1 is 0.800 bits per heavy atom. The van der Waals surface area contributed by atoms with Crippen LogP contribution in [0.4, 0.5) is 0 Å². The molecule has 0 aromatic rings. The Morgan fingerprint density at radius 2 is 1.27 bits per heavy atom. The summed E-state index contributed by atoms with van der Waals surface area (Å²) in [6.07, 6.45) is 10.0. The Morgan fingerprint density at radius 3 is 1.93 bits per heavy atom. The molecule has 3 N–H and O–H groups in total. The summed E-state index contributed by atoms with van der Waals surface area (Å²) < 4.78 is 0. The normalized spacial score (nSPS) is 40.8. The molecular formula is C13H27NO. The van der Waals surface area contributed by atoms with E-state index in [1.54, 1.807) is 0 Å². The number of hydrogen-bond donors (Lipinski definition) is 2. The van der Waals surface area contributed by atoms with Crippen LogP contribution in [0, 0.1) is 0 Å². The smallest absolute Gasteiger partial charge is 0.0619 e. The first-order chi connectivity index (χ1) is 6.91. The van der Waals surface area contributed by atoms with Crippen molar-refractivity contribution in [2.45, 2.75) is 82.8 Å². The Kier molecular flexibility index (Phi) is 4.60. The number of hydrogen-bond acceptors (Lipinski definition) is 2. The third-order valence-electron chi connectivity index (χ3n) is 3.68. The molecule has 90 valence electrons. The van der Waals surface area contributed by atoms with Crippen LogP contribution in [0.25, 0.3) is 0 Å². The van der Waals surface area contributed by atoms with E-state index >= 15 is 0 Å². The lowest BCUT2D eigenvalue weighted by molar-refractivity contribution is 0.0361. The van der Waals surface area contributed by atoms with Gasteiger partial charge in [0.15, 0.2) is 0 Å². The van der Waals surface area contributed by atoms with E-state index in [2.05, 4.69) is 6.92 Å². The first-order valence-electron chi connectivity index (χ1n) is 6.43. The van der Waals surface area contributed by atoms with Crippen molar-refractivity contribution in [3.05, 3.63) is 0 Å². The molecule has 1 aliphatic rings. The lowest BCUT2D eigenvalue weighted by Gasteiger charge is -2.27. The zero-order valence-corrected chi connectivity index (χ0v) is 10.4. The van der Waals surface area contributed by atoms with E-state index in [0.717, 1.165) is 38.5 Å². The Labute approximate surface area is 94.2 Å². The third-order valence-corrected chi connectivity index (χ3v) is 3.68. The second-order valence-electron chi connectivity index (χ2n) is 5.92. The molecular weight excluding hydrogens is 186 g/mol. The summed E-state index contributed by atoms with van der Waals surface area (Å²) in [5.74, 6) is 0. The van der Waals surface area contributed by atoms with Crippen LogP contribution in [-0.4, -0.2) is 16.2 Å². The molecule has 1 rings (SSSR count). The largest absolute Gasteiger partial charge is 0.390 e. The van der Waals surface area contributed by atoms with Crippen molar-refractivity contribution < 1.29 is 5.11 Å². The number of nitrogens with two attached hydrogens (primary N) is 1. The minimum absolute atomic E-state index is 0.0135. The van der Waals surface area contributed by atoms with E-state index in [1.165, 1.54) is 19.3 Å². The number of aliphatic hydroxyl groups is 1. The zero-order valence-electron chi connectivity index (χ0n) is 10.4. The highest BCUT2D eigenvalue weighted by Crippen LogP contribution is 2.27. The minimum atomic E-state index is -0.458. The highest BCUT2D eigenvalue weighted by atomic mass is 16.3. The van der Waals surface area contributed by atoms with E-state index in [1.807, 2.05) is 6.92 Å². The molecule has 0 heterocycles. The molecule has 2 atom stereocenters. The van der Waals surface area contributed by atoms with E-state index in [-0.39, 0.29) is 5.54 Å². The molecule has 0 saturated heterocycles. The topological polar surface area (TPSA) is 46.2 Å². The van der Waals surface area contributed by atoms with Crippen molar-refractivity contribution in [2.75, 3.05) is 0 Å². The monoisotopic (exact) mass is 213 g/mol. The van der Waals surface area contributed by atoms with Crippen LogP contribution in [-0.2, 0) is 0 Å². The molecule has 0 aromatic carbocycles. The molecule has 0 aliphatic heterocycles. The van der Waals surface area contributed by atoms with Crippen molar-refractivity contribution in [3.8, 4) is 0 Å². The van der Waals surface area contributed by atoms with Gasteiger partial charge in [-0.25, -0.2) is 0 Å². The molecule has 0 aromatic heterocycles. The van der Waals surface area contributed by atoms with E-state index in [0.29, 0.717) is 0 Å². The molecule has 1 aliphatic carbocycles. The zero-order chi connectivity index (χ0) is 11.4. The first kappa shape index (κ1) is 13.0. The van der Waals surface area contributed by atoms with Gasteiger partial charge in [0.2, 0.25) is 0 Å². The van der Waals surface area contributed by atoms with Crippen LogP contribution in [0.5, 0.6) is 0 Å². The lowest BCUT2D eigenvalue weighted by Crippen LogP contribution is -2.36. The maximum absolute atomic E-state index is 10.1. The molecule has 2 unspecified atom stereocenters. The van der Waals surface area contributed by atoms with Gasteiger partial charge in [-0.3, -0.25) is 0 Å². The van der Waals surface area contributed by atoms with Gasteiger partial charge in [-0.2, -0.15) is 0 Å². The Hall–Kier alpha value is -0.0800. The van der Waals surface area contributed by atoms with Crippen molar-refractivity contribution in [1.82, 2.24) is 0 Å². The van der Waals surface area contributed by atoms with Gasteiger partial charge in [0.05, 0.1) is 5.60 Å².